The summed E-state index contributed by atoms with van der Waals surface area (Å²) < 4.78 is 10.3. The number of methoxy groups -OCH3 is 1. The maximum Gasteiger partial charge on any atom is 0.333 e. The van der Waals surface area contributed by atoms with Crippen LogP contribution in [0.25, 0.3) is 0 Å². The van der Waals surface area contributed by atoms with Crippen LogP contribution in [-0.2, 0) is 14.3 Å². The molecule has 0 bridgehead atoms. The van der Waals surface area contributed by atoms with Crippen molar-refractivity contribution in [3.05, 3.63) is 11.6 Å². The van der Waals surface area contributed by atoms with Gasteiger partial charge in [-0.3, -0.25) is 0 Å². The number of rotatable bonds is 10. The highest BCUT2D eigenvalue weighted by atomic mass is 16.5. The van der Waals surface area contributed by atoms with Gasteiger partial charge in [0.1, 0.15) is 0 Å². The van der Waals surface area contributed by atoms with Gasteiger partial charge < -0.3 is 9.47 Å². The zero-order valence-electron chi connectivity index (χ0n) is 12.3. The Morgan fingerprint density at radius 1 is 1.28 bits per heavy atom. The van der Waals surface area contributed by atoms with E-state index in [1.807, 2.05) is 13.0 Å². The molecule has 0 aliphatic carbocycles. The van der Waals surface area contributed by atoms with E-state index >= 15 is 0 Å². The van der Waals surface area contributed by atoms with Crippen LogP contribution < -0.4 is 0 Å². The van der Waals surface area contributed by atoms with Gasteiger partial charge in [-0.2, -0.15) is 0 Å². The van der Waals surface area contributed by atoms with Gasteiger partial charge in [0.15, 0.2) is 0 Å². The minimum absolute atomic E-state index is 0.251. The second-order valence-corrected chi connectivity index (χ2v) is 4.53. The molecular formula is C15H28O3. The highest BCUT2D eigenvalue weighted by Gasteiger charge is 2.07. The molecule has 3 heteroatoms. The van der Waals surface area contributed by atoms with Crippen molar-refractivity contribution >= 4 is 5.97 Å². The number of ether oxygens (including phenoxy) is 2. The van der Waals surface area contributed by atoms with Gasteiger partial charge in [0, 0.05) is 12.2 Å². The molecular weight excluding hydrogens is 228 g/mol. The van der Waals surface area contributed by atoms with Crippen LogP contribution >= 0.6 is 0 Å². The summed E-state index contributed by atoms with van der Waals surface area (Å²) >= 11 is 0. The fourth-order valence-electron chi connectivity index (χ4n) is 1.80. The Morgan fingerprint density at radius 3 is 2.50 bits per heavy atom. The van der Waals surface area contributed by atoms with Gasteiger partial charge in [0.05, 0.1) is 13.7 Å². The van der Waals surface area contributed by atoms with E-state index in [4.69, 9.17) is 9.47 Å². The fourth-order valence-corrected chi connectivity index (χ4v) is 1.80. The van der Waals surface area contributed by atoms with E-state index in [2.05, 4.69) is 13.8 Å². The number of hydrogen-bond donors (Lipinski definition) is 0. The molecule has 3 nitrogen and oxygen atoms in total. The van der Waals surface area contributed by atoms with E-state index < -0.39 is 0 Å². The Hall–Kier alpha value is -0.830. The quantitative estimate of drug-likeness (QED) is 0.339. The van der Waals surface area contributed by atoms with Crippen molar-refractivity contribution in [2.75, 3.05) is 20.3 Å². The molecule has 0 aromatic carbocycles. The summed E-state index contributed by atoms with van der Waals surface area (Å²) in [6.07, 6.45) is 7.40. The Bertz CT molecular complexity index is 246. The van der Waals surface area contributed by atoms with Crippen LogP contribution in [0.3, 0.4) is 0 Å². The molecule has 0 aliphatic heterocycles. The summed E-state index contributed by atoms with van der Waals surface area (Å²) in [5.41, 5.74) is 0.694. The van der Waals surface area contributed by atoms with E-state index in [0.717, 1.165) is 13.0 Å². The molecule has 0 rings (SSSR count). The van der Waals surface area contributed by atoms with Gasteiger partial charge in [-0.25, -0.2) is 4.79 Å². The third-order valence-corrected chi connectivity index (χ3v) is 3.17. The lowest BCUT2D eigenvalue weighted by atomic mass is 10.0. The number of carbonyl (C=O) groups is 1. The van der Waals surface area contributed by atoms with Crippen molar-refractivity contribution in [3.8, 4) is 0 Å². The van der Waals surface area contributed by atoms with E-state index in [-0.39, 0.29) is 5.97 Å². The highest BCUT2D eigenvalue weighted by Crippen LogP contribution is 2.13. The Balaban J connectivity index is 3.93. The average molecular weight is 256 g/mol. The monoisotopic (exact) mass is 256 g/mol. The molecule has 1 atom stereocenters. The van der Waals surface area contributed by atoms with Crippen molar-refractivity contribution in [2.45, 2.75) is 52.9 Å². The summed E-state index contributed by atoms with van der Waals surface area (Å²) in [7, 11) is 1.41. The summed E-state index contributed by atoms with van der Waals surface area (Å²) in [5.74, 6) is 0.390. The lowest BCUT2D eigenvalue weighted by molar-refractivity contribution is -0.136. The molecule has 0 saturated heterocycles. The molecule has 0 amide bonds. The van der Waals surface area contributed by atoms with E-state index in [9.17, 15) is 4.79 Å². The molecule has 0 heterocycles. The predicted molar refractivity (Wildman–Crippen MR) is 74.5 cm³/mol. The second kappa shape index (κ2) is 11.3. The number of unbranched alkanes of at least 4 members (excludes halogenated alkanes) is 1. The molecule has 0 aromatic heterocycles. The SMILES string of the molecule is CCCCC(CC)COCC=C(CC)C(=O)OC. The Kier molecular flexibility index (Phi) is 10.8. The normalized spacial score (nSPS) is 13.4. The molecule has 0 N–H and O–H groups in total. The molecule has 0 saturated carbocycles. The molecule has 1 unspecified atom stereocenters. The summed E-state index contributed by atoms with van der Waals surface area (Å²) in [6, 6.07) is 0. The van der Waals surface area contributed by atoms with Gasteiger partial charge in [-0.1, -0.05) is 40.0 Å². The zero-order chi connectivity index (χ0) is 13.8. The lowest BCUT2D eigenvalue weighted by Gasteiger charge is -2.14. The first kappa shape index (κ1) is 17.2. The van der Waals surface area contributed by atoms with Gasteiger partial charge in [0.2, 0.25) is 0 Å². The average Bonchev–Trinajstić information content (AvgIpc) is 2.41. The van der Waals surface area contributed by atoms with E-state index in [0.29, 0.717) is 24.5 Å². The number of carbonyl (C=O) groups excluding carboxylic acids is 1. The maximum atomic E-state index is 11.3. The van der Waals surface area contributed by atoms with Gasteiger partial charge in [-0.15, -0.1) is 0 Å². The highest BCUT2D eigenvalue weighted by molar-refractivity contribution is 5.88. The van der Waals surface area contributed by atoms with Crippen LogP contribution in [0.2, 0.25) is 0 Å². The van der Waals surface area contributed by atoms with Crippen molar-refractivity contribution in [1.82, 2.24) is 0 Å². The lowest BCUT2D eigenvalue weighted by Crippen LogP contribution is -2.10. The molecule has 0 fully saturated rings. The first-order valence-electron chi connectivity index (χ1n) is 7.04. The van der Waals surface area contributed by atoms with E-state index in [1.54, 1.807) is 0 Å². The molecule has 0 spiro atoms. The van der Waals surface area contributed by atoms with Crippen LogP contribution in [0.5, 0.6) is 0 Å². The minimum Gasteiger partial charge on any atom is -0.466 e. The Labute approximate surface area is 112 Å². The molecule has 0 radical (unpaired) electrons. The van der Waals surface area contributed by atoms with Crippen molar-refractivity contribution < 1.29 is 14.3 Å². The van der Waals surface area contributed by atoms with Gasteiger partial charge in [0.25, 0.3) is 0 Å². The topological polar surface area (TPSA) is 35.5 Å². The standard InChI is InChI=1S/C15H28O3/c1-5-8-9-13(6-2)12-18-11-10-14(7-3)15(16)17-4/h10,13H,5-9,11-12H2,1-4H3. The van der Waals surface area contributed by atoms with Crippen LogP contribution in [0.15, 0.2) is 11.6 Å². The number of hydrogen-bond acceptors (Lipinski definition) is 3. The molecule has 0 aromatic rings. The predicted octanol–water partition coefficient (Wildman–Crippen LogP) is 3.73. The van der Waals surface area contributed by atoms with Crippen LogP contribution in [0, 0.1) is 5.92 Å². The fraction of sp³-hybridized carbons (Fsp3) is 0.800. The third kappa shape index (κ3) is 7.49. The van der Waals surface area contributed by atoms with Gasteiger partial charge in [-0.05, 0) is 24.8 Å². The van der Waals surface area contributed by atoms with Crippen LogP contribution in [-0.4, -0.2) is 26.3 Å². The molecule has 106 valence electrons. The second-order valence-electron chi connectivity index (χ2n) is 4.53. The first-order valence-corrected chi connectivity index (χ1v) is 7.04. The van der Waals surface area contributed by atoms with Crippen LogP contribution in [0.1, 0.15) is 52.9 Å². The molecule has 18 heavy (non-hydrogen) atoms. The smallest absolute Gasteiger partial charge is 0.333 e. The van der Waals surface area contributed by atoms with Crippen LogP contribution in [0.4, 0.5) is 0 Å². The van der Waals surface area contributed by atoms with Gasteiger partial charge >= 0.3 is 5.97 Å². The third-order valence-electron chi connectivity index (χ3n) is 3.17. The summed E-state index contributed by atoms with van der Waals surface area (Å²) in [4.78, 5) is 11.3. The van der Waals surface area contributed by atoms with Crippen molar-refractivity contribution in [2.24, 2.45) is 5.92 Å². The summed E-state index contributed by atoms with van der Waals surface area (Å²) in [6.45, 7) is 7.64. The Morgan fingerprint density at radius 2 is 2.00 bits per heavy atom. The first-order chi connectivity index (χ1) is 8.69. The van der Waals surface area contributed by atoms with E-state index in [1.165, 1.54) is 26.4 Å². The largest absolute Gasteiger partial charge is 0.466 e. The maximum absolute atomic E-state index is 11.3. The minimum atomic E-state index is -0.251. The summed E-state index contributed by atoms with van der Waals surface area (Å²) in [5, 5.41) is 0. The van der Waals surface area contributed by atoms with Crippen molar-refractivity contribution in [1.29, 1.82) is 0 Å². The zero-order valence-corrected chi connectivity index (χ0v) is 12.3. The molecule has 0 aliphatic rings. The van der Waals surface area contributed by atoms with Crippen molar-refractivity contribution in [3.63, 3.8) is 0 Å². The number of esters is 1.